The van der Waals surface area contributed by atoms with Gasteiger partial charge in [0.15, 0.2) is 0 Å². The van der Waals surface area contributed by atoms with Gasteiger partial charge in [-0.1, -0.05) is 54.6 Å². The van der Waals surface area contributed by atoms with Gasteiger partial charge in [-0.15, -0.1) is 0 Å². The first-order chi connectivity index (χ1) is 19.2. The lowest BCUT2D eigenvalue weighted by Crippen LogP contribution is -2.50. The molecule has 0 aliphatic heterocycles. The Morgan fingerprint density at radius 3 is 2.37 bits per heavy atom. The number of carbonyl (C=O) groups is 2. The van der Waals surface area contributed by atoms with E-state index in [9.17, 15) is 31.2 Å². The Hall–Kier alpha value is -2.50. The highest BCUT2D eigenvalue weighted by Crippen LogP contribution is 2.32. The smallest absolute Gasteiger partial charge is 0.352 e. The predicted octanol–water partition coefficient (Wildman–Crippen LogP) is 6.42. The molecule has 1 aliphatic rings. The molecule has 7 nitrogen and oxygen atoms in total. The molecule has 2 amide bonds. The van der Waals surface area contributed by atoms with Crippen LogP contribution in [0, 0.1) is 0 Å². The zero-order valence-electron chi connectivity index (χ0n) is 22.9. The van der Waals surface area contributed by atoms with Crippen molar-refractivity contribution in [2.45, 2.75) is 76.7 Å². The van der Waals surface area contributed by atoms with Crippen molar-refractivity contribution in [1.29, 1.82) is 0 Å². The van der Waals surface area contributed by atoms with Crippen molar-refractivity contribution >= 4 is 50.7 Å². The largest absolute Gasteiger partial charge is 0.416 e. The summed E-state index contributed by atoms with van der Waals surface area (Å²) in [6.07, 6.45) is 0.983. The fourth-order valence-corrected chi connectivity index (χ4v) is 6.25. The van der Waals surface area contributed by atoms with Crippen molar-refractivity contribution < 1.29 is 31.2 Å². The molecule has 2 aromatic rings. The summed E-state index contributed by atoms with van der Waals surface area (Å²) in [5.74, 6) is -0.739. The van der Waals surface area contributed by atoms with Crippen molar-refractivity contribution in [3.05, 3.63) is 63.6 Å². The van der Waals surface area contributed by atoms with Crippen LogP contribution in [-0.2, 0) is 32.3 Å². The van der Waals surface area contributed by atoms with E-state index >= 15 is 0 Å². The quantitative estimate of drug-likeness (QED) is 0.308. The molecule has 3 rings (SSSR count). The van der Waals surface area contributed by atoms with Gasteiger partial charge in [-0.25, -0.2) is 8.42 Å². The third kappa shape index (κ3) is 9.51. The molecule has 1 aliphatic carbocycles. The molecule has 1 atom stereocenters. The van der Waals surface area contributed by atoms with Gasteiger partial charge in [0, 0.05) is 35.6 Å². The molecule has 13 heteroatoms. The number of rotatable bonds is 11. The second-order valence-corrected chi connectivity index (χ2v) is 13.0. The SMILES string of the molecule is CC(C(=O)NC1CCCCC1)N(Cc1ccc(Cl)cc1Cl)C(=O)CCCN(c1cccc(C(F)(F)F)c1)S(C)(=O)=O. The van der Waals surface area contributed by atoms with Gasteiger partial charge in [-0.3, -0.25) is 13.9 Å². The predicted molar refractivity (Wildman–Crippen MR) is 154 cm³/mol. The van der Waals surface area contributed by atoms with Gasteiger partial charge in [-0.05, 0) is 62.1 Å². The number of sulfonamides is 1. The number of amides is 2. The average molecular weight is 637 g/mol. The van der Waals surface area contributed by atoms with E-state index < -0.39 is 33.7 Å². The Morgan fingerprint density at radius 1 is 1.07 bits per heavy atom. The van der Waals surface area contributed by atoms with Gasteiger partial charge in [0.25, 0.3) is 0 Å². The van der Waals surface area contributed by atoms with Crippen molar-refractivity contribution in [2.24, 2.45) is 0 Å². The van der Waals surface area contributed by atoms with Gasteiger partial charge < -0.3 is 10.2 Å². The van der Waals surface area contributed by atoms with Crippen molar-refractivity contribution in [2.75, 3.05) is 17.1 Å². The van der Waals surface area contributed by atoms with E-state index in [1.54, 1.807) is 19.1 Å². The Kier molecular flexibility index (Phi) is 11.4. The fourth-order valence-electron chi connectivity index (χ4n) is 4.83. The van der Waals surface area contributed by atoms with Crippen LogP contribution in [0.15, 0.2) is 42.5 Å². The maximum atomic E-state index is 13.5. The van der Waals surface area contributed by atoms with E-state index in [1.165, 1.54) is 17.0 Å². The van der Waals surface area contributed by atoms with Crippen LogP contribution in [0.5, 0.6) is 0 Å². The second-order valence-electron chi connectivity index (χ2n) is 10.3. The average Bonchev–Trinajstić information content (AvgIpc) is 2.89. The first kappa shape index (κ1) is 33.0. The molecule has 0 bridgehead atoms. The van der Waals surface area contributed by atoms with Crippen molar-refractivity contribution in [3.8, 4) is 0 Å². The highest BCUT2D eigenvalue weighted by atomic mass is 35.5. The minimum atomic E-state index is -4.65. The molecule has 0 heterocycles. The molecular weight excluding hydrogens is 602 g/mol. The second kappa shape index (κ2) is 14.1. The molecule has 226 valence electrons. The summed E-state index contributed by atoms with van der Waals surface area (Å²) in [5, 5.41) is 3.76. The summed E-state index contributed by atoms with van der Waals surface area (Å²) in [7, 11) is -3.96. The van der Waals surface area contributed by atoms with E-state index in [1.807, 2.05) is 0 Å². The van der Waals surface area contributed by atoms with E-state index in [2.05, 4.69) is 5.32 Å². The lowest BCUT2D eigenvalue weighted by Gasteiger charge is -2.32. The highest BCUT2D eigenvalue weighted by molar-refractivity contribution is 7.92. The number of halogens is 5. The number of nitrogens with zero attached hydrogens (tertiary/aromatic N) is 2. The highest BCUT2D eigenvalue weighted by Gasteiger charge is 2.32. The molecule has 1 N–H and O–H groups in total. The molecule has 1 unspecified atom stereocenters. The third-order valence-corrected chi connectivity index (χ3v) is 8.87. The molecule has 1 saturated carbocycles. The number of benzene rings is 2. The van der Waals surface area contributed by atoms with Gasteiger partial charge in [0.1, 0.15) is 6.04 Å². The standard InChI is InChI=1S/C28H34Cl2F3N3O4S/c1-19(27(38)34-23-9-4-3-5-10-23)35(18-20-13-14-22(29)17-25(20)30)26(37)12-7-15-36(41(2,39)40)24-11-6-8-21(16-24)28(31,32)33/h6,8,11,13-14,16-17,19,23H,3-5,7,9-10,12,15,18H2,1-2H3,(H,34,38). The summed E-state index contributed by atoms with van der Waals surface area (Å²) in [4.78, 5) is 28.0. The molecule has 2 aromatic carbocycles. The van der Waals surface area contributed by atoms with Gasteiger partial charge >= 0.3 is 6.18 Å². The first-order valence-electron chi connectivity index (χ1n) is 13.4. The monoisotopic (exact) mass is 635 g/mol. The molecule has 1 fully saturated rings. The third-order valence-electron chi connectivity index (χ3n) is 7.09. The maximum absolute atomic E-state index is 13.5. The Morgan fingerprint density at radius 2 is 1.76 bits per heavy atom. The zero-order valence-corrected chi connectivity index (χ0v) is 25.2. The Balaban J connectivity index is 1.77. The molecular formula is C28H34Cl2F3N3O4S. The topological polar surface area (TPSA) is 86.8 Å². The van der Waals surface area contributed by atoms with E-state index in [-0.39, 0.29) is 43.6 Å². The van der Waals surface area contributed by atoms with E-state index in [0.717, 1.165) is 60.9 Å². The summed E-state index contributed by atoms with van der Waals surface area (Å²) in [5.41, 5.74) is -0.563. The van der Waals surface area contributed by atoms with Crippen LogP contribution in [0.3, 0.4) is 0 Å². The summed E-state index contributed by atoms with van der Waals surface area (Å²) >= 11 is 12.4. The number of hydrogen-bond acceptors (Lipinski definition) is 4. The first-order valence-corrected chi connectivity index (χ1v) is 16.0. The van der Waals surface area contributed by atoms with Crippen LogP contribution < -0.4 is 9.62 Å². The van der Waals surface area contributed by atoms with Crippen molar-refractivity contribution in [3.63, 3.8) is 0 Å². The fraction of sp³-hybridized carbons (Fsp3) is 0.500. The minimum absolute atomic E-state index is 0.00393. The molecule has 0 saturated heterocycles. The van der Waals surface area contributed by atoms with E-state index in [0.29, 0.717) is 15.6 Å². The van der Waals surface area contributed by atoms with Crippen LogP contribution in [0.1, 0.15) is 63.0 Å². The number of carbonyl (C=O) groups excluding carboxylic acids is 2. The van der Waals surface area contributed by atoms with Gasteiger partial charge in [0.05, 0.1) is 17.5 Å². The number of anilines is 1. The number of nitrogens with one attached hydrogen (secondary N) is 1. The number of alkyl halides is 3. The Bertz CT molecular complexity index is 1340. The van der Waals surface area contributed by atoms with Crippen LogP contribution in [0.4, 0.5) is 18.9 Å². The minimum Gasteiger partial charge on any atom is -0.352 e. The maximum Gasteiger partial charge on any atom is 0.416 e. The van der Waals surface area contributed by atoms with Crippen LogP contribution in [0.25, 0.3) is 0 Å². The molecule has 0 spiro atoms. The molecule has 41 heavy (non-hydrogen) atoms. The summed E-state index contributed by atoms with van der Waals surface area (Å²) in [6.45, 7) is 1.40. The summed E-state index contributed by atoms with van der Waals surface area (Å²) < 4.78 is 65.5. The van der Waals surface area contributed by atoms with Gasteiger partial charge in [0.2, 0.25) is 21.8 Å². The van der Waals surface area contributed by atoms with E-state index in [4.69, 9.17) is 23.2 Å². The Labute approximate surface area is 249 Å². The molecule has 0 radical (unpaired) electrons. The van der Waals surface area contributed by atoms with Crippen LogP contribution in [-0.4, -0.2) is 50.0 Å². The zero-order chi connectivity index (χ0) is 30.4. The normalized spacial score (nSPS) is 15.3. The van der Waals surface area contributed by atoms with Crippen LogP contribution >= 0.6 is 23.2 Å². The summed E-state index contributed by atoms with van der Waals surface area (Å²) in [6, 6.07) is 8.01. The van der Waals surface area contributed by atoms with Crippen molar-refractivity contribution in [1.82, 2.24) is 10.2 Å². The molecule has 0 aromatic heterocycles. The van der Waals surface area contributed by atoms with Gasteiger partial charge in [-0.2, -0.15) is 13.2 Å². The van der Waals surface area contributed by atoms with Crippen LogP contribution in [0.2, 0.25) is 10.0 Å². The lowest BCUT2D eigenvalue weighted by atomic mass is 9.95. The number of hydrogen-bond donors (Lipinski definition) is 1. The lowest BCUT2D eigenvalue weighted by molar-refractivity contribution is -0.141.